The maximum atomic E-state index is 10.4. The first-order valence-corrected chi connectivity index (χ1v) is 36.0. The minimum absolute atomic E-state index is 0.346. The fraction of sp³-hybridized carbons (Fsp3) is 0.958. The van der Waals surface area contributed by atoms with Crippen molar-refractivity contribution in [2.24, 2.45) is 0 Å². The molecule has 0 aliphatic carbocycles. The van der Waals surface area contributed by atoms with Gasteiger partial charge in [0.05, 0.1) is 0 Å². The molecule has 0 atom stereocenters. The Labute approximate surface area is 490 Å². The van der Waals surface area contributed by atoms with E-state index in [2.05, 4.69) is 20.8 Å². The van der Waals surface area contributed by atoms with E-state index >= 15 is 0 Å². The molecule has 0 fully saturated rings. The van der Waals surface area contributed by atoms with Crippen LogP contribution in [-0.4, -0.2) is 33.2 Å². The van der Waals surface area contributed by atoms with E-state index in [1.165, 1.54) is 366 Å². The monoisotopic (exact) mass is 1110 g/mol. The van der Waals surface area contributed by atoms with Gasteiger partial charge in [0.25, 0.3) is 0 Å². The predicted octanol–water partition coefficient (Wildman–Crippen LogP) is 26.0. The van der Waals surface area contributed by atoms with Crippen molar-refractivity contribution in [1.82, 2.24) is 0 Å². The van der Waals surface area contributed by atoms with Crippen molar-refractivity contribution in [3.63, 3.8) is 0 Å². The molecule has 0 aromatic carbocycles. The summed E-state index contributed by atoms with van der Waals surface area (Å²) in [5.41, 5.74) is 0. The number of unbranched alkanes of at least 4 members (excludes halogenated alkanes) is 60. The molecule has 0 aromatic rings. The van der Waals surface area contributed by atoms with Crippen LogP contribution >= 0.6 is 0 Å². The van der Waals surface area contributed by atoms with Crippen LogP contribution in [0, 0.1) is 0 Å². The SMILES string of the molecule is CCCCCCCCCCCCCCCCCCCCCCCC(=O)O.CCCCCCCCCCCCCCCCCCCCCCCC(=O)O.CCCCCCCCCCCCCCCCCCCCCCCC(=O)O. The highest BCUT2D eigenvalue weighted by Gasteiger charge is 2.02. The first kappa shape index (κ1) is 80.6. The van der Waals surface area contributed by atoms with Gasteiger partial charge in [-0.15, -0.1) is 0 Å². The van der Waals surface area contributed by atoms with Crippen molar-refractivity contribution in [1.29, 1.82) is 0 Å². The second-order valence-corrected chi connectivity index (χ2v) is 24.6. The zero-order chi connectivity index (χ0) is 57.4. The van der Waals surface area contributed by atoms with Crippen LogP contribution in [0.1, 0.15) is 445 Å². The van der Waals surface area contributed by atoms with Crippen LogP contribution in [0.4, 0.5) is 0 Å². The van der Waals surface area contributed by atoms with Crippen molar-refractivity contribution < 1.29 is 29.7 Å². The molecular formula is C72H144O6. The van der Waals surface area contributed by atoms with Crippen molar-refractivity contribution in [3.05, 3.63) is 0 Å². The van der Waals surface area contributed by atoms with Gasteiger partial charge >= 0.3 is 17.9 Å². The molecule has 0 radical (unpaired) electrons. The van der Waals surface area contributed by atoms with Gasteiger partial charge in [0.15, 0.2) is 0 Å². The molecule has 0 saturated carbocycles. The van der Waals surface area contributed by atoms with E-state index in [4.69, 9.17) is 15.3 Å². The van der Waals surface area contributed by atoms with E-state index in [0.717, 1.165) is 38.5 Å². The summed E-state index contributed by atoms with van der Waals surface area (Å²) in [5.74, 6) is -1.95. The highest BCUT2D eigenvalue weighted by Crippen LogP contribution is 2.19. The first-order valence-electron chi connectivity index (χ1n) is 36.0. The molecule has 0 aliphatic rings. The van der Waals surface area contributed by atoms with Gasteiger partial charge in [-0.1, -0.05) is 406 Å². The van der Waals surface area contributed by atoms with Gasteiger partial charge < -0.3 is 15.3 Å². The van der Waals surface area contributed by atoms with Crippen LogP contribution in [0.15, 0.2) is 0 Å². The van der Waals surface area contributed by atoms with Crippen molar-refractivity contribution in [2.75, 3.05) is 0 Å². The smallest absolute Gasteiger partial charge is 0.303 e. The fourth-order valence-electron chi connectivity index (χ4n) is 11.1. The van der Waals surface area contributed by atoms with Crippen LogP contribution in [0.5, 0.6) is 0 Å². The first-order chi connectivity index (χ1) is 38.3. The van der Waals surface area contributed by atoms with Crippen LogP contribution < -0.4 is 0 Å². The second kappa shape index (κ2) is 77.5. The molecule has 0 spiro atoms. The van der Waals surface area contributed by atoms with Crippen LogP contribution in [-0.2, 0) is 14.4 Å². The van der Waals surface area contributed by atoms with Gasteiger partial charge in [-0.3, -0.25) is 14.4 Å². The molecule has 6 heteroatoms. The standard InChI is InChI=1S/3C24H48O2/c3*1-2-3-4-5-6-7-8-9-10-11-12-13-14-15-16-17-18-19-20-21-22-23-24(25)26/h3*2-23H2,1H3,(H,25,26). The highest BCUT2D eigenvalue weighted by molar-refractivity contribution is 5.67. The van der Waals surface area contributed by atoms with E-state index in [1.54, 1.807) is 0 Å². The van der Waals surface area contributed by atoms with Gasteiger partial charge in [0.1, 0.15) is 0 Å². The Morgan fingerprint density at radius 3 is 0.308 bits per heavy atom. The van der Waals surface area contributed by atoms with Crippen LogP contribution in [0.25, 0.3) is 0 Å². The number of rotatable bonds is 66. The average Bonchev–Trinajstić information content (AvgIpc) is 3.42. The number of carboxylic acid groups (broad SMARTS) is 3. The zero-order valence-electron chi connectivity index (χ0n) is 53.7. The topological polar surface area (TPSA) is 112 Å². The third-order valence-electron chi connectivity index (χ3n) is 16.5. The number of aliphatic carboxylic acids is 3. The summed E-state index contributed by atoms with van der Waals surface area (Å²) in [6, 6.07) is 0. The lowest BCUT2D eigenvalue weighted by atomic mass is 10.0. The molecule has 6 nitrogen and oxygen atoms in total. The molecule has 0 heterocycles. The third kappa shape index (κ3) is 88.2. The van der Waals surface area contributed by atoms with Crippen LogP contribution in [0.2, 0.25) is 0 Å². The normalized spacial score (nSPS) is 11.1. The number of hydrogen-bond donors (Lipinski definition) is 3. The zero-order valence-corrected chi connectivity index (χ0v) is 53.7. The Balaban J connectivity index is -0.00000108. The summed E-state index contributed by atoms with van der Waals surface area (Å²) in [5, 5.41) is 25.7. The highest BCUT2D eigenvalue weighted by atomic mass is 16.4. The minimum Gasteiger partial charge on any atom is -0.481 e. The molecule has 468 valence electrons. The summed E-state index contributed by atoms with van der Waals surface area (Å²) < 4.78 is 0. The van der Waals surface area contributed by atoms with Crippen LogP contribution in [0.3, 0.4) is 0 Å². The average molecular weight is 1110 g/mol. The lowest BCUT2D eigenvalue weighted by molar-refractivity contribution is -0.138. The Bertz CT molecular complexity index is 959. The molecule has 0 rings (SSSR count). The molecule has 0 aromatic heterocycles. The van der Waals surface area contributed by atoms with E-state index in [9.17, 15) is 14.4 Å². The Kier molecular flexibility index (Phi) is 80.1. The Morgan fingerprint density at radius 1 is 0.154 bits per heavy atom. The summed E-state index contributed by atoms with van der Waals surface area (Å²) in [7, 11) is 0. The summed E-state index contributed by atoms with van der Waals surface area (Å²) in [6.45, 7) is 6.86. The van der Waals surface area contributed by atoms with Gasteiger partial charge in [0.2, 0.25) is 0 Å². The Morgan fingerprint density at radius 2 is 0.231 bits per heavy atom. The largest absolute Gasteiger partial charge is 0.481 e. The van der Waals surface area contributed by atoms with Gasteiger partial charge in [-0.2, -0.15) is 0 Å². The molecule has 78 heavy (non-hydrogen) atoms. The van der Waals surface area contributed by atoms with E-state index in [-0.39, 0.29) is 0 Å². The molecule has 0 saturated heterocycles. The molecular weight excluding hydrogens is 961 g/mol. The van der Waals surface area contributed by atoms with Crippen molar-refractivity contribution in [2.45, 2.75) is 445 Å². The molecule has 3 N–H and O–H groups in total. The molecule has 0 aliphatic heterocycles. The number of carbonyl (C=O) groups is 3. The van der Waals surface area contributed by atoms with Crippen molar-refractivity contribution >= 4 is 17.9 Å². The summed E-state index contributed by atoms with van der Waals surface area (Å²) >= 11 is 0. The second-order valence-electron chi connectivity index (χ2n) is 24.6. The van der Waals surface area contributed by atoms with Crippen molar-refractivity contribution in [3.8, 4) is 0 Å². The summed E-state index contributed by atoms with van der Waals surface area (Å²) in [4.78, 5) is 31.2. The fourth-order valence-corrected chi connectivity index (χ4v) is 11.1. The number of hydrogen-bond acceptors (Lipinski definition) is 3. The summed E-state index contributed by atoms with van der Waals surface area (Å²) in [6.07, 6.45) is 87.2. The van der Waals surface area contributed by atoms with E-state index in [1.807, 2.05) is 0 Å². The molecule has 0 bridgehead atoms. The molecule has 0 amide bonds. The lowest BCUT2D eigenvalue weighted by Gasteiger charge is -2.04. The van der Waals surface area contributed by atoms with E-state index < -0.39 is 17.9 Å². The van der Waals surface area contributed by atoms with Gasteiger partial charge in [0, 0.05) is 19.3 Å². The third-order valence-corrected chi connectivity index (χ3v) is 16.5. The van der Waals surface area contributed by atoms with Gasteiger partial charge in [-0.05, 0) is 19.3 Å². The van der Waals surface area contributed by atoms with Gasteiger partial charge in [-0.25, -0.2) is 0 Å². The maximum Gasteiger partial charge on any atom is 0.303 e. The Hall–Kier alpha value is -1.59. The lowest BCUT2D eigenvalue weighted by Crippen LogP contribution is -1.93. The quantitative estimate of drug-likeness (QED) is 0.0523. The predicted molar refractivity (Wildman–Crippen MR) is 345 cm³/mol. The minimum atomic E-state index is -0.650. The maximum absolute atomic E-state index is 10.4. The van der Waals surface area contributed by atoms with E-state index in [0.29, 0.717) is 19.3 Å². The number of carboxylic acids is 3. The molecule has 0 unspecified atom stereocenters.